The lowest BCUT2D eigenvalue weighted by Crippen LogP contribution is -2.50. The molecule has 0 radical (unpaired) electrons. The van der Waals surface area contributed by atoms with Crippen molar-refractivity contribution in [2.45, 2.75) is 30.9 Å². The van der Waals surface area contributed by atoms with Gasteiger partial charge in [-0.15, -0.1) is 0 Å². The molecule has 0 saturated heterocycles. The second kappa shape index (κ2) is 11.9. The lowest BCUT2D eigenvalue weighted by molar-refractivity contribution is 0.0388. The Bertz CT molecular complexity index is 1420. The Morgan fingerprint density at radius 2 is 1.85 bits per heavy atom. The van der Waals surface area contributed by atoms with Crippen LogP contribution in [0.5, 0.6) is 5.75 Å². The van der Waals surface area contributed by atoms with Gasteiger partial charge in [-0.05, 0) is 43.3 Å². The number of carbonyl (C=O) groups is 2. The molecule has 2 aromatic carbocycles. The summed E-state index contributed by atoms with van der Waals surface area (Å²) < 4.78 is 34.2. The van der Waals surface area contributed by atoms with Gasteiger partial charge in [0.25, 0.3) is 11.8 Å². The molecule has 4 rings (SSSR count). The highest BCUT2D eigenvalue weighted by atomic mass is 32.2. The number of hydrogen-bond acceptors (Lipinski definition) is 7. The van der Waals surface area contributed by atoms with Crippen molar-refractivity contribution in [3.63, 3.8) is 0 Å². The van der Waals surface area contributed by atoms with Gasteiger partial charge in [0.2, 0.25) is 10.0 Å². The first-order valence-corrected chi connectivity index (χ1v) is 14.0. The van der Waals surface area contributed by atoms with E-state index in [-0.39, 0.29) is 53.4 Å². The summed E-state index contributed by atoms with van der Waals surface area (Å²) in [5.74, 6) is -0.962. The number of nitrogens with one attached hydrogen (secondary N) is 1. The van der Waals surface area contributed by atoms with E-state index >= 15 is 0 Å². The smallest absolute Gasteiger partial charge is 0.258 e. The molecular weight excluding hydrogens is 520 g/mol. The van der Waals surface area contributed by atoms with Gasteiger partial charge < -0.3 is 20.1 Å². The van der Waals surface area contributed by atoms with Gasteiger partial charge in [-0.25, -0.2) is 8.42 Å². The van der Waals surface area contributed by atoms with Crippen molar-refractivity contribution in [2.75, 3.05) is 32.1 Å². The maximum Gasteiger partial charge on any atom is 0.258 e. The average molecular weight is 553 g/mol. The summed E-state index contributed by atoms with van der Waals surface area (Å²) in [6.07, 6.45) is 2.31. The highest BCUT2D eigenvalue weighted by molar-refractivity contribution is 7.89. The third-order valence-corrected chi connectivity index (χ3v) is 8.61. The van der Waals surface area contributed by atoms with Gasteiger partial charge in [0.1, 0.15) is 6.10 Å². The van der Waals surface area contributed by atoms with Crippen LogP contribution in [0.25, 0.3) is 0 Å². The molecule has 2 N–H and O–H groups in total. The second-order valence-electron chi connectivity index (χ2n) is 9.59. The summed E-state index contributed by atoms with van der Waals surface area (Å²) in [6, 6.07) is 15.6. The molecule has 1 aliphatic heterocycles. The third-order valence-electron chi connectivity index (χ3n) is 6.77. The maximum absolute atomic E-state index is 13.6. The van der Waals surface area contributed by atoms with Gasteiger partial charge in [-0.1, -0.05) is 31.2 Å². The van der Waals surface area contributed by atoms with Crippen LogP contribution in [0.2, 0.25) is 0 Å². The number of para-hydroxylation sites is 1. The van der Waals surface area contributed by atoms with E-state index < -0.39 is 28.1 Å². The number of amides is 2. The van der Waals surface area contributed by atoms with Crippen molar-refractivity contribution >= 4 is 27.5 Å². The number of ether oxygens (including phenoxy) is 1. The zero-order valence-corrected chi connectivity index (χ0v) is 22.8. The van der Waals surface area contributed by atoms with Gasteiger partial charge >= 0.3 is 0 Å². The quantitative estimate of drug-likeness (QED) is 0.440. The van der Waals surface area contributed by atoms with Crippen molar-refractivity contribution in [1.82, 2.24) is 14.2 Å². The molecule has 11 heteroatoms. The minimum atomic E-state index is -3.81. The lowest BCUT2D eigenvalue weighted by Gasteiger charge is -2.38. The number of aromatic nitrogens is 1. The number of hydrogen-bond donors (Lipinski definition) is 2. The molecule has 39 heavy (non-hydrogen) atoms. The van der Waals surface area contributed by atoms with Crippen molar-refractivity contribution in [1.29, 1.82) is 0 Å². The van der Waals surface area contributed by atoms with Gasteiger partial charge in [0, 0.05) is 37.5 Å². The second-order valence-corrected chi connectivity index (χ2v) is 11.6. The summed E-state index contributed by atoms with van der Waals surface area (Å²) in [7, 11) is -2.33. The number of carbonyl (C=O) groups excluding carboxylic acids is 2. The number of aliphatic hydroxyl groups excluding tert-OH is 1. The van der Waals surface area contributed by atoms with Crippen molar-refractivity contribution in [2.24, 2.45) is 5.92 Å². The van der Waals surface area contributed by atoms with Crippen LogP contribution in [0, 0.1) is 5.92 Å². The number of pyridine rings is 1. The van der Waals surface area contributed by atoms with Crippen LogP contribution in [0.3, 0.4) is 0 Å². The van der Waals surface area contributed by atoms with E-state index in [1.807, 2.05) is 6.92 Å². The number of fused-ring (bicyclic) bond motifs is 1. The summed E-state index contributed by atoms with van der Waals surface area (Å²) in [6.45, 7) is 3.57. The normalized spacial score (nSPS) is 18.5. The van der Waals surface area contributed by atoms with E-state index in [9.17, 15) is 23.1 Å². The van der Waals surface area contributed by atoms with Crippen LogP contribution in [0.15, 0.2) is 78.0 Å². The Hall–Kier alpha value is -3.80. The summed E-state index contributed by atoms with van der Waals surface area (Å²) in [5, 5.41) is 12.7. The van der Waals surface area contributed by atoms with Gasteiger partial charge in [-0.3, -0.25) is 14.6 Å². The first kappa shape index (κ1) is 28.2. The molecule has 3 aromatic rings. The van der Waals surface area contributed by atoms with Crippen molar-refractivity contribution < 1.29 is 27.9 Å². The fourth-order valence-electron chi connectivity index (χ4n) is 4.38. The summed E-state index contributed by atoms with van der Waals surface area (Å²) in [4.78, 5) is 32.2. The van der Waals surface area contributed by atoms with E-state index in [1.54, 1.807) is 60.4 Å². The highest BCUT2D eigenvalue weighted by Crippen LogP contribution is 2.35. The van der Waals surface area contributed by atoms with Crippen LogP contribution in [-0.4, -0.2) is 78.4 Å². The SMILES string of the molecule is C[C@@H]1CN([C@H](C)CO)C(=O)c2cccc(NC(=O)c3ccncc3)c2O[C@H]1CN(C)S(=O)(=O)c1ccccc1. The Morgan fingerprint density at radius 3 is 2.51 bits per heavy atom. The first-order valence-electron chi connectivity index (χ1n) is 12.6. The molecule has 2 heterocycles. The molecule has 0 bridgehead atoms. The fraction of sp³-hybridized carbons (Fsp3) is 0.321. The molecule has 0 spiro atoms. The molecule has 0 saturated carbocycles. The Kier molecular flexibility index (Phi) is 8.63. The predicted molar refractivity (Wildman–Crippen MR) is 146 cm³/mol. The zero-order valence-electron chi connectivity index (χ0n) is 22.0. The first-order chi connectivity index (χ1) is 18.6. The minimum absolute atomic E-state index is 0.0139. The number of nitrogens with zero attached hydrogens (tertiary/aromatic N) is 3. The minimum Gasteiger partial charge on any atom is -0.486 e. The predicted octanol–water partition coefficient (Wildman–Crippen LogP) is 2.87. The number of rotatable bonds is 8. The van der Waals surface area contributed by atoms with Crippen LogP contribution in [-0.2, 0) is 10.0 Å². The molecule has 206 valence electrons. The monoisotopic (exact) mass is 552 g/mol. The topological polar surface area (TPSA) is 129 Å². The van der Waals surface area contributed by atoms with Crippen LogP contribution >= 0.6 is 0 Å². The van der Waals surface area contributed by atoms with Gasteiger partial charge in [0.05, 0.1) is 35.3 Å². The molecule has 1 aromatic heterocycles. The van der Waals surface area contributed by atoms with Crippen molar-refractivity contribution in [3.8, 4) is 5.75 Å². The molecular formula is C28H32N4O6S. The van der Waals surface area contributed by atoms with E-state index in [4.69, 9.17) is 4.74 Å². The average Bonchev–Trinajstić information content (AvgIpc) is 2.95. The van der Waals surface area contributed by atoms with Crippen molar-refractivity contribution in [3.05, 3.63) is 84.2 Å². The van der Waals surface area contributed by atoms with Gasteiger partial charge in [0.15, 0.2) is 5.75 Å². The summed E-state index contributed by atoms with van der Waals surface area (Å²) >= 11 is 0. The Morgan fingerprint density at radius 1 is 1.15 bits per heavy atom. The number of benzene rings is 2. The summed E-state index contributed by atoms with van der Waals surface area (Å²) in [5.41, 5.74) is 0.842. The van der Waals surface area contributed by atoms with Crippen LogP contribution in [0.4, 0.5) is 5.69 Å². The van der Waals surface area contributed by atoms with E-state index in [2.05, 4.69) is 10.3 Å². The number of likely N-dealkylation sites (N-methyl/N-ethyl adjacent to an activating group) is 1. The van der Waals surface area contributed by atoms with E-state index in [0.717, 1.165) is 0 Å². The van der Waals surface area contributed by atoms with Crippen LogP contribution < -0.4 is 10.1 Å². The standard InChI is InChI=1S/C28H32N4O6S/c1-19-16-32(20(2)18-33)28(35)23-10-7-11-24(30-27(34)21-12-14-29-15-13-21)26(23)38-25(19)17-31(3)39(36,37)22-8-5-4-6-9-22/h4-15,19-20,25,33H,16-18H2,1-3H3,(H,30,34)/t19-,20-,25+/m1/s1. The largest absolute Gasteiger partial charge is 0.486 e. The maximum atomic E-state index is 13.6. The molecule has 2 amide bonds. The molecule has 0 fully saturated rings. The van der Waals surface area contributed by atoms with E-state index in [0.29, 0.717) is 5.56 Å². The van der Waals surface area contributed by atoms with Gasteiger partial charge in [-0.2, -0.15) is 4.31 Å². The number of aliphatic hydroxyl groups is 1. The fourth-order valence-corrected chi connectivity index (χ4v) is 5.59. The lowest BCUT2D eigenvalue weighted by atomic mass is 9.99. The molecule has 10 nitrogen and oxygen atoms in total. The Labute approximate surface area is 228 Å². The molecule has 3 atom stereocenters. The Balaban J connectivity index is 1.73. The third kappa shape index (κ3) is 6.11. The highest BCUT2D eigenvalue weighted by Gasteiger charge is 2.36. The van der Waals surface area contributed by atoms with Crippen LogP contribution in [0.1, 0.15) is 34.6 Å². The number of sulfonamides is 1. The molecule has 1 aliphatic rings. The zero-order chi connectivity index (χ0) is 28.2. The molecule has 0 aliphatic carbocycles. The van der Waals surface area contributed by atoms with E-state index in [1.165, 1.54) is 35.9 Å². The molecule has 0 unspecified atom stereocenters. The number of anilines is 1.